The lowest BCUT2D eigenvalue weighted by Crippen LogP contribution is -2.48. The second-order valence-electron chi connectivity index (χ2n) is 7.18. The Bertz CT molecular complexity index is 591. The molecular weight excluding hydrogens is 306 g/mol. The van der Waals surface area contributed by atoms with E-state index in [4.69, 9.17) is 9.84 Å². The van der Waals surface area contributed by atoms with Gasteiger partial charge in [0.25, 0.3) is 11.8 Å². The zero-order chi connectivity index (χ0) is 18.0. The zero-order valence-electron chi connectivity index (χ0n) is 15.0. The maximum absolute atomic E-state index is 12.6. The summed E-state index contributed by atoms with van der Waals surface area (Å²) in [6.07, 6.45) is 1.90. The van der Waals surface area contributed by atoms with E-state index < -0.39 is 5.54 Å². The highest BCUT2D eigenvalue weighted by molar-refractivity contribution is 6.21. The van der Waals surface area contributed by atoms with Crippen molar-refractivity contribution in [2.75, 3.05) is 13.2 Å². The Balaban J connectivity index is 2.06. The molecule has 1 unspecified atom stereocenters. The Kier molecular flexibility index (Phi) is 5.45. The number of ether oxygens (including phenoxy) is 1. The van der Waals surface area contributed by atoms with Crippen molar-refractivity contribution in [1.29, 1.82) is 0 Å². The van der Waals surface area contributed by atoms with Crippen LogP contribution in [0.15, 0.2) is 24.3 Å². The van der Waals surface area contributed by atoms with Gasteiger partial charge in [-0.15, -0.1) is 0 Å². The van der Waals surface area contributed by atoms with Crippen LogP contribution >= 0.6 is 0 Å². The number of nitrogens with zero attached hydrogens (tertiary/aromatic N) is 1. The summed E-state index contributed by atoms with van der Waals surface area (Å²) in [5, 5.41) is 9.16. The molecule has 2 amide bonds. The fourth-order valence-electron chi connectivity index (χ4n) is 2.99. The van der Waals surface area contributed by atoms with Gasteiger partial charge in [-0.1, -0.05) is 19.1 Å². The first-order valence-corrected chi connectivity index (χ1v) is 8.48. The minimum atomic E-state index is -0.638. The smallest absolute Gasteiger partial charge is 0.262 e. The van der Waals surface area contributed by atoms with Gasteiger partial charge in [0.1, 0.15) is 0 Å². The topological polar surface area (TPSA) is 66.8 Å². The maximum atomic E-state index is 12.6. The van der Waals surface area contributed by atoms with Gasteiger partial charge in [-0.2, -0.15) is 0 Å². The molecule has 0 fully saturated rings. The van der Waals surface area contributed by atoms with Crippen LogP contribution in [0.2, 0.25) is 0 Å². The summed E-state index contributed by atoms with van der Waals surface area (Å²) < 4.78 is 5.95. The number of carbonyl (C=O) groups is 2. The maximum Gasteiger partial charge on any atom is 0.262 e. The van der Waals surface area contributed by atoms with Gasteiger partial charge in [0.15, 0.2) is 0 Å². The summed E-state index contributed by atoms with van der Waals surface area (Å²) in [5.74, 6) is -0.483. The van der Waals surface area contributed by atoms with E-state index in [0.29, 0.717) is 30.6 Å². The number of fused-ring (bicyclic) bond motifs is 1. The predicted octanol–water partition coefficient (Wildman–Crippen LogP) is 3.02. The van der Waals surface area contributed by atoms with E-state index >= 15 is 0 Å². The molecular formula is C19H27NO4. The minimum Gasteiger partial charge on any atom is -0.396 e. The van der Waals surface area contributed by atoms with Gasteiger partial charge < -0.3 is 9.84 Å². The Morgan fingerprint density at radius 2 is 1.58 bits per heavy atom. The molecule has 0 saturated carbocycles. The first-order valence-electron chi connectivity index (χ1n) is 8.48. The average Bonchev–Trinajstić information content (AvgIpc) is 2.80. The molecule has 1 aliphatic heterocycles. The van der Waals surface area contributed by atoms with Gasteiger partial charge in [0.05, 0.1) is 16.7 Å². The molecule has 1 aromatic carbocycles. The van der Waals surface area contributed by atoms with Gasteiger partial charge in [0.2, 0.25) is 0 Å². The molecule has 1 aliphatic rings. The van der Waals surface area contributed by atoms with Crippen LogP contribution in [0, 0.1) is 0 Å². The second kappa shape index (κ2) is 7.03. The third-order valence-electron chi connectivity index (χ3n) is 4.95. The Morgan fingerprint density at radius 1 is 1.04 bits per heavy atom. The van der Waals surface area contributed by atoms with Crippen molar-refractivity contribution in [2.24, 2.45) is 0 Å². The van der Waals surface area contributed by atoms with E-state index in [1.165, 1.54) is 4.90 Å². The van der Waals surface area contributed by atoms with Crippen LogP contribution in [0.1, 0.15) is 67.7 Å². The van der Waals surface area contributed by atoms with E-state index in [0.717, 1.165) is 6.42 Å². The summed E-state index contributed by atoms with van der Waals surface area (Å²) in [4.78, 5) is 26.6. The summed E-state index contributed by atoms with van der Waals surface area (Å²) in [7, 11) is 0. The standard InChI is InChI=1S/C19H27NO4/c1-5-19(4,10-12-21)24-13-11-18(2,3)20-16(22)14-8-6-7-9-15(14)17(20)23/h6-9,21H,5,10-13H2,1-4H3. The van der Waals surface area contributed by atoms with Gasteiger partial charge in [0, 0.05) is 18.8 Å². The monoisotopic (exact) mass is 333 g/mol. The lowest BCUT2D eigenvalue weighted by atomic mass is 9.97. The molecule has 0 aromatic heterocycles. The molecule has 1 aromatic rings. The van der Waals surface area contributed by atoms with E-state index in [1.807, 2.05) is 27.7 Å². The Morgan fingerprint density at radius 3 is 2.04 bits per heavy atom. The Hall–Kier alpha value is -1.72. The van der Waals surface area contributed by atoms with Gasteiger partial charge >= 0.3 is 0 Å². The van der Waals surface area contributed by atoms with Crippen LogP contribution in [0.25, 0.3) is 0 Å². The van der Waals surface area contributed by atoms with Gasteiger partial charge in [-0.05, 0) is 52.2 Å². The van der Waals surface area contributed by atoms with Crippen LogP contribution in [0.5, 0.6) is 0 Å². The number of hydrogen-bond donors (Lipinski definition) is 1. The van der Waals surface area contributed by atoms with Crippen molar-refractivity contribution in [2.45, 2.75) is 58.1 Å². The minimum absolute atomic E-state index is 0.0755. The number of hydrogen-bond acceptors (Lipinski definition) is 4. The van der Waals surface area contributed by atoms with Crippen molar-refractivity contribution in [3.05, 3.63) is 35.4 Å². The number of amides is 2. The van der Waals surface area contributed by atoms with Crippen LogP contribution in [0.3, 0.4) is 0 Å². The highest BCUT2D eigenvalue weighted by atomic mass is 16.5. The highest BCUT2D eigenvalue weighted by Gasteiger charge is 2.43. The lowest BCUT2D eigenvalue weighted by molar-refractivity contribution is -0.0584. The molecule has 24 heavy (non-hydrogen) atoms. The van der Waals surface area contributed by atoms with Crippen LogP contribution < -0.4 is 0 Å². The molecule has 0 aliphatic carbocycles. The van der Waals surface area contributed by atoms with Gasteiger partial charge in [-0.25, -0.2) is 0 Å². The van der Waals surface area contributed by atoms with E-state index in [2.05, 4.69) is 0 Å². The summed E-state index contributed by atoms with van der Waals surface area (Å²) in [6, 6.07) is 6.92. The van der Waals surface area contributed by atoms with E-state index in [1.54, 1.807) is 24.3 Å². The van der Waals surface area contributed by atoms with Crippen molar-refractivity contribution >= 4 is 11.8 Å². The normalized spacial score (nSPS) is 17.1. The number of benzene rings is 1. The van der Waals surface area contributed by atoms with Crippen molar-refractivity contribution in [3.8, 4) is 0 Å². The van der Waals surface area contributed by atoms with Crippen LogP contribution in [-0.2, 0) is 4.74 Å². The van der Waals surface area contributed by atoms with Crippen molar-refractivity contribution in [3.63, 3.8) is 0 Å². The summed E-state index contributed by atoms with van der Waals surface area (Å²) >= 11 is 0. The average molecular weight is 333 g/mol. The van der Waals surface area contributed by atoms with Crippen molar-refractivity contribution in [1.82, 2.24) is 4.90 Å². The number of rotatable bonds is 8. The first kappa shape index (κ1) is 18.6. The van der Waals surface area contributed by atoms with Crippen LogP contribution in [0.4, 0.5) is 0 Å². The third kappa shape index (κ3) is 3.52. The number of carbonyl (C=O) groups excluding carboxylic acids is 2. The molecule has 0 spiro atoms. The molecule has 1 atom stereocenters. The Labute approximate surface area is 143 Å². The molecule has 132 valence electrons. The van der Waals surface area contributed by atoms with E-state index in [9.17, 15) is 9.59 Å². The molecule has 1 heterocycles. The highest BCUT2D eigenvalue weighted by Crippen LogP contribution is 2.31. The fraction of sp³-hybridized carbons (Fsp3) is 0.579. The second-order valence-corrected chi connectivity index (χ2v) is 7.18. The summed E-state index contributed by atoms with van der Waals surface area (Å²) in [6.45, 7) is 8.25. The van der Waals surface area contributed by atoms with E-state index in [-0.39, 0.29) is 24.0 Å². The van der Waals surface area contributed by atoms with Crippen LogP contribution in [-0.4, -0.2) is 46.2 Å². The van der Waals surface area contributed by atoms with Crippen molar-refractivity contribution < 1.29 is 19.4 Å². The number of aliphatic hydroxyl groups excluding tert-OH is 1. The molecule has 0 radical (unpaired) electrons. The number of imide groups is 1. The lowest BCUT2D eigenvalue weighted by Gasteiger charge is -2.36. The first-order chi connectivity index (χ1) is 11.3. The van der Waals surface area contributed by atoms with Gasteiger partial charge in [-0.3, -0.25) is 14.5 Å². The number of aliphatic hydroxyl groups is 1. The summed E-state index contributed by atoms with van der Waals surface area (Å²) in [5.41, 5.74) is -0.0845. The molecule has 5 nitrogen and oxygen atoms in total. The SMILES string of the molecule is CCC(C)(CCO)OCCC(C)(C)N1C(=O)c2ccccc2C1=O. The fourth-order valence-corrected chi connectivity index (χ4v) is 2.99. The third-order valence-corrected chi connectivity index (χ3v) is 4.95. The molecule has 1 N–H and O–H groups in total. The molecule has 2 rings (SSSR count). The quantitative estimate of drug-likeness (QED) is 0.743. The molecule has 5 heteroatoms. The largest absolute Gasteiger partial charge is 0.396 e. The zero-order valence-corrected chi connectivity index (χ0v) is 15.0. The molecule has 0 saturated heterocycles. The predicted molar refractivity (Wildman–Crippen MR) is 92.0 cm³/mol. The molecule has 0 bridgehead atoms.